The molecule has 6 nitrogen and oxygen atoms in total. The first-order valence-corrected chi connectivity index (χ1v) is 7.27. The number of amides is 1. The normalized spacial score (nSPS) is 10.4. The molecule has 0 fully saturated rings. The second-order valence-electron chi connectivity index (χ2n) is 5.16. The van der Waals surface area contributed by atoms with Crippen LogP contribution in [0, 0.1) is 0 Å². The van der Waals surface area contributed by atoms with Gasteiger partial charge < -0.3 is 19.8 Å². The molecule has 0 spiro atoms. The molecule has 0 bridgehead atoms. The van der Waals surface area contributed by atoms with E-state index in [1.807, 2.05) is 18.2 Å². The maximum absolute atomic E-state index is 12.3. The molecule has 0 atom stereocenters. The molecule has 122 valence electrons. The molecule has 24 heavy (non-hydrogen) atoms. The van der Waals surface area contributed by atoms with Crippen molar-refractivity contribution in [3.8, 4) is 5.75 Å². The zero-order valence-electron chi connectivity index (χ0n) is 13.3. The van der Waals surface area contributed by atoms with E-state index in [9.17, 15) is 9.59 Å². The van der Waals surface area contributed by atoms with Crippen LogP contribution in [-0.2, 0) is 4.74 Å². The van der Waals surface area contributed by atoms with Crippen molar-refractivity contribution in [2.75, 3.05) is 19.5 Å². The number of ether oxygens (including phenoxy) is 2. The molecule has 6 heteroatoms. The van der Waals surface area contributed by atoms with E-state index < -0.39 is 5.97 Å². The Morgan fingerprint density at radius 3 is 2.42 bits per heavy atom. The van der Waals surface area contributed by atoms with E-state index in [-0.39, 0.29) is 5.91 Å². The fraction of sp³-hybridized carbons (Fsp3) is 0.111. The lowest BCUT2D eigenvalue weighted by molar-refractivity contribution is 0.0600. The van der Waals surface area contributed by atoms with Gasteiger partial charge in [0.25, 0.3) is 5.91 Å². The van der Waals surface area contributed by atoms with Gasteiger partial charge in [-0.2, -0.15) is 0 Å². The Morgan fingerprint density at radius 2 is 1.75 bits per heavy atom. The maximum atomic E-state index is 12.3. The van der Waals surface area contributed by atoms with Crippen LogP contribution in [0.3, 0.4) is 0 Å². The van der Waals surface area contributed by atoms with Crippen LogP contribution < -0.4 is 10.1 Å². The van der Waals surface area contributed by atoms with Crippen molar-refractivity contribution in [3.05, 3.63) is 59.8 Å². The maximum Gasteiger partial charge on any atom is 0.337 e. The molecule has 1 aromatic heterocycles. The SMILES string of the molecule is COC(=O)c1ccc(NC(=O)c2cc3cc(OC)ccc3[nH]2)cc1. The first kappa shape index (κ1) is 15.6. The minimum absolute atomic E-state index is 0.268. The molecule has 3 rings (SSSR count). The summed E-state index contributed by atoms with van der Waals surface area (Å²) in [6.45, 7) is 0. The number of aromatic amines is 1. The largest absolute Gasteiger partial charge is 0.497 e. The second-order valence-corrected chi connectivity index (χ2v) is 5.16. The number of anilines is 1. The highest BCUT2D eigenvalue weighted by Gasteiger charge is 2.11. The lowest BCUT2D eigenvalue weighted by Gasteiger charge is -2.04. The van der Waals surface area contributed by atoms with Gasteiger partial charge >= 0.3 is 5.97 Å². The average Bonchev–Trinajstić information content (AvgIpc) is 3.05. The fourth-order valence-corrected chi connectivity index (χ4v) is 2.37. The molecule has 0 saturated carbocycles. The van der Waals surface area contributed by atoms with Crippen LogP contribution >= 0.6 is 0 Å². The summed E-state index contributed by atoms with van der Waals surface area (Å²) >= 11 is 0. The zero-order valence-corrected chi connectivity index (χ0v) is 13.3. The van der Waals surface area contributed by atoms with Gasteiger partial charge in [-0.3, -0.25) is 4.79 Å². The first-order valence-electron chi connectivity index (χ1n) is 7.27. The summed E-state index contributed by atoms with van der Waals surface area (Å²) in [4.78, 5) is 26.8. The molecule has 0 saturated heterocycles. The number of H-pyrrole nitrogens is 1. The number of benzene rings is 2. The van der Waals surface area contributed by atoms with Crippen molar-refractivity contribution in [3.63, 3.8) is 0 Å². The summed E-state index contributed by atoms with van der Waals surface area (Å²) < 4.78 is 9.81. The van der Waals surface area contributed by atoms with E-state index >= 15 is 0 Å². The zero-order chi connectivity index (χ0) is 17.1. The number of aromatic nitrogens is 1. The third-order valence-corrected chi connectivity index (χ3v) is 3.64. The highest BCUT2D eigenvalue weighted by atomic mass is 16.5. The molecule has 0 unspecified atom stereocenters. The molecule has 0 aliphatic heterocycles. The number of hydrogen-bond acceptors (Lipinski definition) is 4. The summed E-state index contributed by atoms with van der Waals surface area (Å²) in [6.07, 6.45) is 0. The Balaban J connectivity index is 1.78. The highest BCUT2D eigenvalue weighted by molar-refractivity contribution is 6.06. The Bertz CT molecular complexity index is 897. The second kappa shape index (κ2) is 6.45. The number of rotatable bonds is 4. The van der Waals surface area contributed by atoms with Gasteiger partial charge in [-0.05, 0) is 48.5 Å². The third kappa shape index (κ3) is 3.08. The monoisotopic (exact) mass is 324 g/mol. The van der Waals surface area contributed by atoms with Crippen molar-refractivity contribution in [1.29, 1.82) is 0 Å². The Labute approximate surface area is 138 Å². The van der Waals surface area contributed by atoms with Crippen LogP contribution in [0.5, 0.6) is 5.75 Å². The molecule has 0 radical (unpaired) electrons. The summed E-state index contributed by atoms with van der Waals surface area (Å²) in [5.41, 5.74) is 2.30. The van der Waals surface area contributed by atoms with Gasteiger partial charge in [0.15, 0.2) is 0 Å². The van der Waals surface area contributed by atoms with Crippen molar-refractivity contribution in [1.82, 2.24) is 4.98 Å². The summed E-state index contributed by atoms with van der Waals surface area (Å²) in [5.74, 6) is 0.0419. The quantitative estimate of drug-likeness (QED) is 0.722. The minimum Gasteiger partial charge on any atom is -0.497 e. The van der Waals surface area contributed by atoms with Gasteiger partial charge in [0.2, 0.25) is 0 Å². The van der Waals surface area contributed by atoms with E-state index in [0.717, 1.165) is 16.7 Å². The van der Waals surface area contributed by atoms with Crippen LogP contribution in [0.2, 0.25) is 0 Å². The highest BCUT2D eigenvalue weighted by Crippen LogP contribution is 2.22. The number of esters is 1. The molecular formula is C18H16N2O4. The summed E-state index contributed by atoms with van der Waals surface area (Å²) in [6, 6.07) is 13.8. The predicted molar refractivity (Wildman–Crippen MR) is 90.6 cm³/mol. The topological polar surface area (TPSA) is 80.4 Å². The van der Waals surface area contributed by atoms with Crippen LogP contribution in [0.4, 0.5) is 5.69 Å². The number of carbonyl (C=O) groups is 2. The van der Waals surface area contributed by atoms with Crippen molar-refractivity contribution < 1.29 is 19.1 Å². The number of nitrogens with one attached hydrogen (secondary N) is 2. The lowest BCUT2D eigenvalue weighted by Crippen LogP contribution is -2.12. The van der Waals surface area contributed by atoms with Crippen LogP contribution in [-0.4, -0.2) is 31.1 Å². The Morgan fingerprint density at radius 1 is 1.00 bits per heavy atom. The molecule has 1 heterocycles. The van der Waals surface area contributed by atoms with Gasteiger partial charge in [-0.15, -0.1) is 0 Å². The van der Waals surface area contributed by atoms with Crippen molar-refractivity contribution in [2.24, 2.45) is 0 Å². The van der Waals surface area contributed by atoms with Gasteiger partial charge in [0.05, 0.1) is 19.8 Å². The van der Waals surface area contributed by atoms with Crippen LogP contribution in [0.15, 0.2) is 48.5 Å². The van der Waals surface area contributed by atoms with E-state index in [0.29, 0.717) is 16.9 Å². The minimum atomic E-state index is -0.419. The standard InChI is InChI=1S/C18H16N2O4/c1-23-14-7-8-15-12(9-14)10-16(20-15)17(21)19-13-5-3-11(4-6-13)18(22)24-2/h3-10,20H,1-2H3,(H,19,21). The number of hydrogen-bond donors (Lipinski definition) is 2. The predicted octanol–water partition coefficient (Wildman–Crippen LogP) is 3.22. The number of fused-ring (bicyclic) bond motifs is 1. The molecule has 0 aliphatic carbocycles. The summed E-state index contributed by atoms with van der Waals surface area (Å²) in [7, 11) is 2.92. The van der Waals surface area contributed by atoms with Crippen LogP contribution in [0.25, 0.3) is 10.9 Å². The Hall–Kier alpha value is -3.28. The summed E-state index contributed by atoms with van der Waals surface area (Å²) in [5, 5.41) is 3.67. The Kier molecular flexibility index (Phi) is 4.20. The first-order chi connectivity index (χ1) is 11.6. The third-order valence-electron chi connectivity index (χ3n) is 3.64. The number of methoxy groups -OCH3 is 2. The van der Waals surface area contributed by atoms with E-state index in [4.69, 9.17) is 4.74 Å². The molecule has 2 N–H and O–H groups in total. The molecular weight excluding hydrogens is 308 g/mol. The lowest BCUT2D eigenvalue weighted by atomic mass is 10.2. The van der Waals surface area contributed by atoms with E-state index in [1.54, 1.807) is 37.4 Å². The molecule has 2 aromatic carbocycles. The number of carbonyl (C=O) groups excluding carboxylic acids is 2. The average molecular weight is 324 g/mol. The molecule has 1 amide bonds. The van der Waals surface area contributed by atoms with E-state index in [2.05, 4.69) is 15.0 Å². The van der Waals surface area contributed by atoms with Gasteiger partial charge in [-0.1, -0.05) is 0 Å². The van der Waals surface area contributed by atoms with Crippen LogP contribution in [0.1, 0.15) is 20.8 Å². The molecule has 0 aliphatic rings. The van der Waals surface area contributed by atoms with E-state index in [1.165, 1.54) is 7.11 Å². The van der Waals surface area contributed by atoms with Gasteiger partial charge in [0, 0.05) is 16.6 Å². The molecule has 3 aromatic rings. The van der Waals surface area contributed by atoms with Gasteiger partial charge in [0.1, 0.15) is 11.4 Å². The fourth-order valence-electron chi connectivity index (χ4n) is 2.37. The van der Waals surface area contributed by atoms with Crippen molar-refractivity contribution in [2.45, 2.75) is 0 Å². The van der Waals surface area contributed by atoms with Crippen molar-refractivity contribution >= 4 is 28.5 Å². The smallest absolute Gasteiger partial charge is 0.337 e. The van der Waals surface area contributed by atoms with Gasteiger partial charge in [-0.25, -0.2) is 4.79 Å².